The van der Waals surface area contributed by atoms with Crippen molar-refractivity contribution >= 4 is 40.0 Å². The summed E-state index contributed by atoms with van der Waals surface area (Å²) in [6.45, 7) is 0. The maximum Gasteiger partial charge on any atom is 0.373 e. The SMILES string of the molecule is O=C(O)c1nc(Sc2nccs2)c2ccccc2n1. The second kappa shape index (κ2) is 4.94. The van der Waals surface area contributed by atoms with E-state index in [4.69, 9.17) is 5.11 Å². The molecule has 94 valence electrons. The van der Waals surface area contributed by atoms with E-state index >= 15 is 0 Å². The molecule has 0 aliphatic heterocycles. The molecular formula is C12H7N3O2S2. The number of carboxylic acids is 1. The Bertz CT molecular complexity index is 744. The number of benzene rings is 1. The highest BCUT2D eigenvalue weighted by atomic mass is 32.2. The number of aromatic carboxylic acids is 1. The molecule has 0 amide bonds. The highest BCUT2D eigenvalue weighted by molar-refractivity contribution is 8.01. The smallest absolute Gasteiger partial charge is 0.373 e. The number of hydrogen-bond acceptors (Lipinski definition) is 6. The predicted molar refractivity (Wildman–Crippen MR) is 72.7 cm³/mol. The molecule has 7 heteroatoms. The zero-order valence-electron chi connectivity index (χ0n) is 9.48. The highest BCUT2D eigenvalue weighted by Gasteiger charge is 2.14. The number of aromatic nitrogens is 3. The van der Waals surface area contributed by atoms with Gasteiger partial charge in [-0.25, -0.2) is 19.7 Å². The molecule has 19 heavy (non-hydrogen) atoms. The zero-order valence-corrected chi connectivity index (χ0v) is 11.1. The van der Waals surface area contributed by atoms with Crippen LogP contribution in [0.5, 0.6) is 0 Å². The van der Waals surface area contributed by atoms with E-state index < -0.39 is 5.97 Å². The van der Waals surface area contributed by atoms with Crippen molar-refractivity contribution in [3.63, 3.8) is 0 Å². The van der Waals surface area contributed by atoms with E-state index in [1.165, 1.54) is 23.1 Å². The lowest BCUT2D eigenvalue weighted by molar-refractivity contribution is 0.0683. The molecule has 5 nitrogen and oxygen atoms in total. The summed E-state index contributed by atoms with van der Waals surface area (Å²) in [7, 11) is 0. The van der Waals surface area contributed by atoms with Crippen LogP contribution in [0.25, 0.3) is 10.9 Å². The van der Waals surface area contributed by atoms with Crippen molar-refractivity contribution in [1.82, 2.24) is 15.0 Å². The van der Waals surface area contributed by atoms with E-state index in [1.54, 1.807) is 12.3 Å². The normalized spacial score (nSPS) is 10.7. The number of carboxylic acid groups (broad SMARTS) is 1. The Morgan fingerprint density at radius 1 is 1.26 bits per heavy atom. The molecule has 0 spiro atoms. The average Bonchev–Trinajstić information content (AvgIpc) is 2.91. The summed E-state index contributed by atoms with van der Waals surface area (Å²) in [6, 6.07) is 7.34. The zero-order chi connectivity index (χ0) is 13.2. The molecule has 0 atom stereocenters. The van der Waals surface area contributed by atoms with Crippen LogP contribution in [-0.4, -0.2) is 26.0 Å². The maximum absolute atomic E-state index is 11.1. The van der Waals surface area contributed by atoms with Crippen molar-refractivity contribution in [2.24, 2.45) is 0 Å². The Hall–Kier alpha value is -1.99. The van der Waals surface area contributed by atoms with Gasteiger partial charge in [-0.1, -0.05) is 18.2 Å². The van der Waals surface area contributed by atoms with Crippen LogP contribution >= 0.6 is 23.1 Å². The molecule has 0 unspecified atom stereocenters. The lowest BCUT2D eigenvalue weighted by Gasteiger charge is -2.04. The summed E-state index contributed by atoms with van der Waals surface area (Å²) in [6.07, 6.45) is 1.70. The van der Waals surface area contributed by atoms with E-state index in [1.807, 2.05) is 23.6 Å². The van der Waals surface area contributed by atoms with Crippen LogP contribution < -0.4 is 0 Å². The molecular weight excluding hydrogens is 282 g/mol. The molecule has 0 aliphatic carbocycles. The van der Waals surface area contributed by atoms with Crippen molar-refractivity contribution in [2.45, 2.75) is 9.37 Å². The molecule has 2 heterocycles. The molecule has 0 bridgehead atoms. The fourth-order valence-electron chi connectivity index (χ4n) is 1.56. The first-order chi connectivity index (χ1) is 9.24. The van der Waals surface area contributed by atoms with E-state index in [2.05, 4.69) is 15.0 Å². The predicted octanol–water partition coefficient (Wildman–Crippen LogP) is 2.94. The molecule has 3 rings (SSSR count). The number of thiazole rings is 1. The van der Waals surface area contributed by atoms with Gasteiger partial charge in [-0.05, 0) is 17.8 Å². The van der Waals surface area contributed by atoms with Crippen molar-refractivity contribution in [3.05, 3.63) is 41.7 Å². The van der Waals surface area contributed by atoms with Crippen molar-refractivity contribution in [3.8, 4) is 0 Å². The first kappa shape index (κ1) is 12.1. The van der Waals surface area contributed by atoms with Gasteiger partial charge in [0.2, 0.25) is 5.82 Å². The third-order valence-corrected chi connectivity index (χ3v) is 4.24. The second-order valence-electron chi connectivity index (χ2n) is 3.57. The Morgan fingerprint density at radius 2 is 2.11 bits per heavy atom. The van der Waals surface area contributed by atoms with Crippen LogP contribution in [0.1, 0.15) is 10.6 Å². The van der Waals surface area contributed by atoms with Gasteiger partial charge in [-0.15, -0.1) is 11.3 Å². The number of fused-ring (bicyclic) bond motifs is 1. The van der Waals surface area contributed by atoms with Crippen LogP contribution in [0.15, 0.2) is 45.2 Å². The van der Waals surface area contributed by atoms with Gasteiger partial charge in [0, 0.05) is 17.0 Å². The molecule has 0 aliphatic rings. The third kappa shape index (κ3) is 2.42. The number of nitrogens with zero attached hydrogens (tertiary/aromatic N) is 3. The summed E-state index contributed by atoms with van der Waals surface area (Å²) < 4.78 is 0.820. The van der Waals surface area contributed by atoms with Crippen molar-refractivity contribution in [2.75, 3.05) is 0 Å². The summed E-state index contributed by atoms with van der Waals surface area (Å²) in [5.74, 6) is -1.33. The lowest BCUT2D eigenvalue weighted by atomic mass is 10.2. The van der Waals surface area contributed by atoms with Crippen LogP contribution in [0, 0.1) is 0 Å². The van der Waals surface area contributed by atoms with E-state index in [0.29, 0.717) is 10.5 Å². The molecule has 1 aromatic carbocycles. The van der Waals surface area contributed by atoms with Crippen LogP contribution in [0.3, 0.4) is 0 Å². The molecule has 0 fully saturated rings. The van der Waals surface area contributed by atoms with Gasteiger partial charge in [0.05, 0.1) is 5.52 Å². The van der Waals surface area contributed by atoms with Gasteiger partial charge in [0.1, 0.15) is 5.03 Å². The van der Waals surface area contributed by atoms with Crippen LogP contribution in [0.2, 0.25) is 0 Å². The quantitative estimate of drug-likeness (QED) is 0.747. The standard InChI is InChI=1S/C12H7N3O2S2/c16-11(17)9-14-8-4-2-1-3-7(8)10(15-9)19-12-13-5-6-18-12/h1-6H,(H,16,17). The number of rotatable bonds is 3. The molecule has 2 aromatic heterocycles. The molecule has 0 saturated heterocycles. The van der Waals surface area contributed by atoms with Gasteiger partial charge in [-0.2, -0.15) is 0 Å². The van der Waals surface area contributed by atoms with E-state index in [0.717, 1.165) is 9.73 Å². The number of carbonyl (C=O) groups is 1. The van der Waals surface area contributed by atoms with Gasteiger partial charge < -0.3 is 5.11 Å². The molecule has 1 N–H and O–H groups in total. The van der Waals surface area contributed by atoms with Gasteiger partial charge in [0.25, 0.3) is 0 Å². The van der Waals surface area contributed by atoms with Crippen LogP contribution in [0.4, 0.5) is 0 Å². The first-order valence-electron chi connectivity index (χ1n) is 5.31. The molecule has 0 saturated carbocycles. The first-order valence-corrected chi connectivity index (χ1v) is 7.01. The highest BCUT2D eigenvalue weighted by Crippen LogP contribution is 2.32. The Labute approximate surface area is 116 Å². The summed E-state index contributed by atoms with van der Waals surface area (Å²) in [5.41, 5.74) is 0.619. The Morgan fingerprint density at radius 3 is 2.84 bits per heavy atom. The molecule has 0 radical (unpaired) electrons. The fraction of sp³-hybridized carbons (Fsp3) is 0. The van der Waals surface area contributed by atoms with Crippen LogP contribution in [-0.2, 0) is 0 Å². The minimum atomic E-state index is -1.13. The molecule has 3 aromatic rings. The summed E-state index contributed by atoms with van der Waals surface area (Å²) >= 11 is 2.83. The minimum Gasteiger partial charge on any atom is -0.475 e. The van der Waals surface area contributed by atoms with Gasteiger partial charge >= 0.3 is 5.97 Å². The third-order valence-electron chi connectivity index (χ3n) is 2.35. The topological polar surface area (TPSA) is 76.0 Å². The lowest BCUT2D eigenvalue weighted by Crippen LogP contribution is -2.05. The largest absolute Gasteiger partial charge is 0.475 e. The summed E-state index contributed by atoms with van der Waals surface area (Å²) in [5, 5.41) is 12.3. The van der Waals surface area contributed by atoms with Gasteiger partial charge in [-0.3, -0.25) is 0 Å². The number of hydrogen-bond donors (Lipinski definition) is 1. The summed E-state index contributed by atoms with van der Waals surface area (Å²) in [4.78, 5) is 23.3. The Kier molecular flexibility index (Phi) is 3.14. The van der Waals surface area contributed by atoms with Gasteiger partial charge in [0.15, 0.2) is 4.34 Å². The number of para-hydroxylation sites is 1. The average molecular weight is 289 g/mol. The minimum absolute atomic E-state index is 0.197. The monoisotopic (exact) mass is 289 g/mol. The van der Waals surface area contributed by atoms with Crippen molar-refractivity contribution in [1.29, 1.82) is 0 Å². The second-order valence-corrected chi connectivity index (χ2v) is 5.71. The fourth-order valence-corrected chi connectivity index (χ4v) is 3.21. The van der Waals surface area contributed by atoms with Crippen molar-refractivity contribution < 1.29 is 9.90 Å². The maximum atomic E-state index is 11.1. The van der Waals surface area contributed by atoms with E-state index in [-0.39, 0.29) is 5.82 Å². The van der Waals surface area contributed by atoms with E-state index in [9.17, 15) is 4.79 Å². The Balaban J connectivity index is 2.17.